The minimum Gasteiger partial charge on any atom is -0.299 e. The predicted molar refractivity (Wildman–Crippen MR) is 192 cm³/mol. The molecule has 0 unspecified atom stereocenters. The van der Waals surface area contributed by atoms with Crippen molar-refractivity contribution in [3.63, 3.8) is 0 Å². The van der Waals surface area contributed by atoms with Crippen LogP contribution in [0.2, 0.25) is 0 Å². The number of fused-ring (bicyclic) bond motifs is 11. The maximum atomic E-state index is 5.38. The minimum atomic E-state index is 0.762. The molecule has 6 aromatic carbocycles. The Hall–Kier alpha value is -6.46. The van der Waals surface area contributed by atoms with Crippen molar-refractivity contribution in [3.8, 4) is 33.8 Å². The summed E-state index contributed by atoms with van der Waals surface area (Å²) in [5.74, 6) is 0. The number of nitrogens with zero attached hydrogens (tertiary/aromatic N) is 5. The molecule has 0 saturated carbocycles. The van der Waals surface area contributed by atoms with Gasteiger partial charge in [-0.05, 0) is 69.8 Å². The van der Waals surface area contributed by atoms with Gasteiger partial charge < -0.3 is 0 Å². The van der Waals surface area contributed by atoms with Crippen LogP contribution in [0.5, 0.6) is 0 Å². The van der Waals surface area contributed by atoms with Crippen molar-refractivity contribution >= 4 is 60.0 Å². The van der Waals surface area contributed by atoms with Crippen LogP contribution in [0.15, 0.2) is 152 Å². The third kappa shape index (κ3) is 3.97. The van der Waals surface area contributed by atoms with E-state index in [1.165, 1.54) is 11.1 Å². The van der Waals surface area contributed by atoms with Crippen LogP contribution in [-0.4, -0.2) is 24.3 Å². The van der Waals surface area contributed by atoms with Crippen LogP contribution >= 0.6 is 0 Å². The van der Waals surface area contributed by atoms with Gasteiger partial charge in [-0.25, -0.2) is 15.0 Å². The van der Waals surface area contributed by atoms with Crippen molar-refractivity contribution in [1.82, 2.24) is 24.3 Å². The van der Waals surface area contributed by atoms with E-state index in [1.54, 1.807) is 0 Å². The van der Waals surface area contributed by atoms with Crippen LogP contribution in [0.1, 0.15) is 0 Å². The van der Waals surface area contributed by atoms with Gasteiger partial charge in [0, 0.05) is 34.1 Å². The Balaban J connectivity index is 1.33. The number of imidazole rings is 1. The summed E-state index contributed by atoms with van der Waals surface area (Å²) in [5, 5.41) is 6.77. The summed E-state index contributed by atoms with van der Waals surface area (Å²) < 4.78 is 2.20. The fourth-order valence-corrected chi connectivity index (χ4v) is 7.02. The summed E-state index contributed by atoms with van der Waals surface area (Å²) in [6.45, 7) is 0. The van der Waals surface area contributed by atoms with Gasteiger partial charge in [-0.1, -0.05) is 97.1 Å². The van der Waals surface area contributed by atoms with E-state index in [0.29, 0.717) is 0 Å². The lowest BCUT2D eigenvalue weighted by atomic mass is 9.93. The number of aromatic nitrogens is 5. The number of hydrogen-bond acceptors (Lipinski definition) is 4. The first-order chi connectivity index (χ1) is 23.3. The highest BCUT2D eigenvalue weighted by atomic mass is 15.0. The molecule has 0 aliphatic heterocycles. The second-order valence-electron chi connectivity index (χ2n) is 11.9. The van der Waals surface area contributed by atoms with Crippen molar-refractivity contribution < 1.29 is 0 Å². The molecular formula is C42H25N5. The molecule has 0 N–H and O–H groups in total. The van der Waals surface area contributed by atoms with Crippen LogP contribution in [0.3, 0.4) is 0 Å². The summed E-state index contributed by atoms with van der Waals surface area (Å²) in [5.41, 5.74) is 10.4. The number of rotatable bonds is 3. The molecule has 0 fully saturated rings. The first kappa shape index (κ1) is 25.8. The lowest BCUT2D eigenvalue weighted by Crippen LogP contribution is -1.98. The first-order valence-electron chi connectivity index (χ1n) is 15.7. The Labute approximate surface area is 269 Å². The molecule has 47 heavy (non-hydrogen) atoms. The normalized spacial score (nSPS) is 11.8. The lowest BCUT2D eigenvalue weighted by molar-refractivity contribution is 1.23. The average Bonchev–Trinajstić information content (AvgIpc) is 3.55. The average molecular weight is 600 g/mol. The number of benzene rings is 6. The third-order valence-electron chi connectivity index (χ3n) is 9.22. The van der Waals surface area contributed by atoms with Gasteiger partial charge in [0.05, 0.1) is 33.5 Å². The second kappa shape index (κ2) is 10.0. The monoisotopic (exact) mass is 599 g/mol. The third-order valence-corrected chi connectivity index (χ3v) is 9.22. The molecule has 10 rings (SSSR count). The lowest BCUT2D eigenvalue weighted by Gasteiger charge is -2.14. The standard InChI is InChI=1S/C42H25N5/c1-2-10-26(11-3-1)28-16-19-31-33(24-28)34-25-29(17-20-32(34)42-40(31)45-37-15-7-9-23-47(37)42)38-41(35-14-6-8-22-43-35)44-36-21-18-27-12-4-5-13-30(27)39(36)46-38/h1-25H. The largest absolute Gasteiger partial charge is 0.299 e. The van der Waals surface area contributed by atoms with Crippen LogP contribution in [0, 0.1) is 0 Å². The summed E-state index contributed by atoms with van der Waals surface area (Å²) in [6.07, 6.45) is 3.91. The molecular weight excluding hydrogens is 574 g/mol. The van der Waals surface area contributed by atoms with Gasteiger partial charge in [-0.15, -0.1) is 0 Å². The quantitative estimate of drug-likeness (QED) is 0.190. The van der Waals surface area contributed by atoms with Crippen LogP contribution in [-0.2, 0) is 0 Å². The molecule has 0 aliphatic carbocycles. The van der Waals surface area contributed by atoms with E-state index in [9.17, 15) is 0 Å². The zero-order valence-electron chi connectivity index (χ0n) is 25.2. The smallest absolute Gasteiger partial charge is 0.137 e. The Morgan fingerprint density at radius 2 is 1.23 bits per heavy atom. The van der Waals surface area contributed by atoms with E-state index in [4.69, 9.17) is 19.9 Å². The zero-order valence-corrected chi connectivity index (χ0v) is 25.2. The van der Waals surface area contributed by atoms with Gasteiger partial charge >= 0.3 is 0 Å². The van der Waals surface area contributed by atoms with E-state index in [2.05, 4.69) is 126 Å². The Kier molecular flexibility index (Phi) is 5.51. The predicted octanol–water partition coefficient (Wildman–Crippen LogP) is 10.3. The molecule has 5 heteroatoms. The van der Waals surface area contributed by atoms with Gasteiger partial charge in [0.1, 0.15) is 11.3 Å². The molecule has 218 valence electrons. The van der Waals surface area contributed by atoms with Crippen LogP contribution in [0.25, 0.3) is 93.8 Å². The van der Waals surface area contributed by atoms with Crippen molar-refractivity contribution in [1.29, 1.82) is 0 Å². The van der Waals surface area contributed by atoms with Gasteiger partial charge in [0.2, 0.25) is 0 Å². The molecule has 4 aromatic heterocycles. The fourth-order valence-electron chi connectivity index (χ4n) is 7.02. The van der Waals surface area contributed by atoms with Crippen molar-refractivity contribution in [2.75, 3.05) is 0 Å². The fraction of sp³-hybridized carbons (Fsp3) is 0. The number of pyridine rings is 2. The molecule has 0 aliphatic rings. The summed E-state index contributed by atoms with van der Waals surface area (Å²) in [7, 11) is 0. The van der Waals surface area contributed by atoms with Gasteiger partial charge in [0.25, 0.3) is 0 Å². The molecule has 10 aromatic rings. The molecule has 0 amide bonds. The maximum absolute atomic E-state index is 5.38. The Morgan fingerprint density at radius 1 is 0.447 bits per heavy atom. The maximum Gasteiger partial charge on any atom is 0.137 e. The molecule has 0 bridgehead atoms. The van der Waals surface area contributed by atoms with Gasteiger partial charge in [-0.2, -0.15) is 0 Å². The van der Waals surface area contributed by atoms with Gasteiger partial charge in [-0.3, -0.25) is 9.38 Å². The SMILES string of the molecule is c1ccc(-c2ccc3c(c2)c2cc(-c4nc5c(ccc6ccccc65)nc4-c4ccccn4)ccc2c2c3nc3ccccn32)cc1. The molecule has 0 radical (unpaired) electrons. The highest BCUT2D eigenvalue weighted by Gasteiger charge is 2.19. The van der Waals surface area contributed by atoms with Gasteiger partial charge in [0.15, 0.2) is 0 Å². The highest BCUT2D eigenvalue weighted by Crippen LogP contribution is 2.40. The van der Waals surface area contributed by atoms with E-state index >= 15 is 0 Å². The molecule has 0 spiro atoms. The van der Waals surface area contributed by atoms with Crippen LogP contribution < -0.4 is 0 Å². The van der Waals surface area contributed by atoms with E-state index < -0.39 is 0 Å². The van der Waals surface area contributed by atoms with Crippen molar-refractivity contribution in [2.45, 2.75) is 0 Å². The van der Waals surface area contributed by atoms with E-state index in [-0.39, 0.29) is 0 Å². The highest BCUT2D eigenvalue weighted by molar-refractivity contribution is 6.25. The molecule has 4 heterocycles. The Bertz CT molecular complexity index is 2840. The van der Waals surface area contributed by atoms with Crippen molar-refractivity contribution in [3.05, 3.63) is 152 Å². The zero-order chi connectivity index (χ0) is 30.9. The summed E-state index contributed by atoms with van der Waals surface area (Å²) in [6, 6.07) is 48.6. The summed E-state index contributed by atoms with van der Waals surface area (Å²) >= 11 is 0. The topological polar surface area (TPSA) is 56.0 Å². The van der Waals surface area contributed by atoms with Crippen LogP contribution in [0.4, 0.5) is 0 Å². The van der Waals surface area contributed by atoms with E-state index in [0.717, 1.165) is 82.7 Å². The first-order valence-corrected chi connectivity index (χ1v) is 15.7. The number of hydrogen-bond donors (Lipinski definition) is 0. The molecule has 5 nitrogen and oxygen atoms in total. The molecule has 0 saturated heterocycles. The Morgan fingerprint density at radius 3 is 2.15 bits per heavy atom. The summed E-state index contributed by atoms with van der Waals surface area (Å²) in [4.78, 5) is 20.4. The molecule has 0 atom stereocenters. The second-order valence-corrected chi connectivity index (χ2v) is 11.9. The van der Waals surface area contributed by atoms with Crippen molar-refractivity contribution in [2.24, 2.45) is 0 Å². The van der Waals surface area contributed by atoms with E-state index in [1.807, 2.05) is 30.5 Å². The minimum absolute atomic E-state index is 0.762.